The molecule has 160 valence electrons. The van der Waals surface area contributed by atoms with Crippen molar-refractivity contribution in [2.24, 2.45) is 0 Å². The van der Waals surface area contributed by atoms with Gasteiger partial charge in [-0.1, -0.05) is 66.2 Å². The van der Waals surface area contributed by atoms with Crippen molar-refractivity contribution in [3.8, 4) is 11.5 Å². The second-order valence-corrected chi connectivity index (χ2v) is 8.47. The van der Waals surface area contributed by atoms with E-state index < -0.39 is 5.41 Å². The first-order valence-corrected chi connectivity index (χ1v) is 11.0. The van der Waals surface area contributed by atoms with Crippen molar-refractivity contribution in [2.45, 2.75) is 104 Å². The van der Waals surface area contributed by atoms with Gasteiger partial charge in [-0.3, -0.25) is 4.79 Å². The van der Waals surface area contributed by atoms with E-state index in [1.165, 1.54) is 19.3 Å². The second kappa shape index (κ2) is 12.7. The summed E-state index contributed by atoms with van der Waals surface area (Å²) in [4.78, 5) is 12.0. The van der Waals surface area contributed by atoms with Crippen LogP contribution in [0.15, 0.2) is 12.1 Å². The zero-order valence-electron chi connectivity index (χ0n) is 18.4. The number of esters is 1. The third-order valence-corrected chi connectivity index (χ3v) is 5.44. The van der Waals surface area contributed by atoms with Crippen LogP contribution in [0.3, 0.4) is 0 Å². The fourth-order valence-corrected chi connectivity index (χ4v) is 3.44. The van der Waals surface area contributed by atoms with E-state index in [1.54, 1.807) is 12.1 Å². The summed E-state index contributed by atoms with van der Waals surface area (Å²) in [6, 6.07) is 3.35. The van der Waals surface area contributed by atoms with E-state index in [0.717, 1.165) is 44.1 Å². The summed E-state index contributed by atoms with van der Waals surface area (Å²) >= 11 is 0. The van der Waals surface area contributed by atoms with Crippen molar-refractivity contribution in [2.75, 3.05) is 6.61 Å². The van der Waals surface area contributed by atoms with E-state index in [-0.39, 0.29) is 17.5 Å². The highest BCUT2D eigenvalue weighted by molar-refractivity contribution is 5.69. The lowest BCUT2D eigenvalue weighted by Gasteiger charge is -2.26. The van der Waals surface area contributed by atoms with Gasteiger partial charge >= 0.3 is 5.97 Å². The molecule has 1 aromatic rings. The third-order valence-electron chi connectivity index (χ3n) is 5.44. The van der Waals surface area contributed by atoms with Gasteiger partial charge in [0.05, 0.1) is 6.61 Å². The van der Waals surface area contributed by atoms with Gasteiger partial charge in [0.2, 0.25) is 0 Å². The Morgan fingerprint density at radius 1 is 0.929 bits per heavy atom. The molecule has 0 bridgehead atoms. The molecule has 0 saturated heterocycles. The molecule has 4 heteroatoms. The van der Waals surface area contributed by atoms with Crippen LogP contribution >= 0.6 is 0 Å². The Bertz CT molecular complexity index is 593. The number of carbonyl (C=O) groups is 1. The molecule has 28 heavy (non-hydrogen) atoms. The summed E-state index contributed by atoms with van der Waals surface area (Å²) in [5, 5.41) is 20.9. The van der Waals surface area contributed by atoms with Gasteiger partial charge < -0.3 is 14.9 Å². The number of unbranched alkanes of at least 4 members (excludes halogenated alkanes) is 6. The predicted molar refractivity (Wildman–Crippen MR) is 115 cm³/mol. The molecule has 0 amide bonds. The number of carbonyl (C=O) groups excluding carboxylic acids is 1. The van der Waals surface area contributed by atoms with Crippen LogP contribution in [-0.2, 0) is 21.4 Å². The lowest BCUT2D eigenvalue weighted by molar-refractivity contribution is -0.144. The van der Waals surface area contributed by atoms with Crippen LogP contribution in [0, 0.1) is 0 Å². The molecule has 0 aliphatic rings. The number of benzene rings is 1. The maximum Gasteiger partial charge on any atom is 0.305 e. The van der Waals surface area contributed by atoms with E-state index >= 15 is 0 Å². The van der Waals surface area contributed by atoms with E-state index in [0.29, 0.717) is 25.0 Å². The largest absolute Gasteiger partial charge is 0.508 e. The zero-order chi connectivity index (χ0) is 21.0. The average Bonchev–Trinajstić information content (AvgIpc) is 2.65. The SMILES string of the molecule is CCCCCCOC(=O)CCC(C)(C)c1cc(O)c(CCCCCC)cc1O. The number of aryl methyl sites for hydroxylation is 1. The summed E-state index contributed by atoms with van der Waals surface area (Å²) < 4.78 is 5.31. The van der Waals surface area contributed by atoms with Crippen molar-refractivity contribution >= 4 is 5.97 Å². The van der Waals surface area contributed by atoms with Gasteiger partial charge in [0, 0.05) is 12.0 Å². The quantitative estimate of drug-likeness (QED) is 0.218. The number of rotatable bonds is 14. The maximum absolute atomic E-state index is 12.0. The molecule has 1 rings (SSSR count). The first-order chi connectivity index (χ1) is 13.3. The Morgan fingerprint density at radius 3 is 2.21 bits per heavy atom. The molecule has 1 aromatic carbocycles. The molecular weight excluding hydrogens is 352 g/mol. The van der Waals surface area contributed by atoms with Gasteiger partial charge in [0.15, 0.2) is 0 Å². The standard InChI is InChI=1S/C24H40O4/c1-5-7-9-11-13-19-17-22(26)20(18-21(19)25)24(3,4)15-14-23(27)28-16-12-10-8-6-2/h17-18,25-26H,5-16H2,1-4H3. The van der Waals surface area contributed by atoms with Gasteiger partial charge in [-0.05, 0) is 48.8 Å². The van der Waals surface area contributed by atoms with E-state index in [4.69, 9.17) is 4.74 Å². The number of hydrogen-bond donors (Lipinski definition) is 2. The summed E-state index contributed by atoms with van der Waals surface area (Å²) in [6.45, 7) is 8.77. The molecule has 4 nitrogen and oxygen atoms in total. The number of ether oxygens (including phenoxy) is 1. The summed E-state index contributed by atoms with van der Waals surface area (Å²) in [5.74, 6) is 0.234. The summed E-state index contributed by atoms with van der Waals surface area (Å²) in [5.41, 5.74) is 1.04. The topological polar surface area (TPSA) is 66.8 Å². The molecule has 0 radical (unpaired) electrons. The lowest BCUT2D eigenvalue weighted by atomic mass is 9.79. The Kier molecular flexibility index (Phi) is 11.0. The molecule has 0 unspecified atom stereocenters. The van der Waals surface area contributed by atoms with Crippen molar-refractivity contribution < 1.29 is 19.7 Å². The lowest BCUT2D eigenvalue weighted by Crippen LogP contribution is -2.20. The van der Waals surface area contributed by atoms with E-state index in [2.05, 4.69) is 13.8 Å². The van der Waals surface area contributed by atoms with Crippen LogP contribution in [0.2, 0.25) is 0 Å². The van der Waals surface area contributed by atoms with Crippen molar-refractivity contribution in [1.82, 2.24) is 0 Å². The highest BCUT2D eigenvalue weighted by atomic mass is 16.5. The predicted octanol–water partition coefficient (Wildman–Crippen LogP) is 6.40. The molecular formula is C24H40O4. The van der Waals surface area contributed by atoms with Crippen LogP contribution in [0.4, 0.5) is 0 Å². The van der Waals surface area contributed by atoms with Crippen molar-refractivity contribution in [1.29, 1.82) is 0 Å². The third kappa shape index (κ3) is 8.53. The Labute approximate surface area is 171 Å². The van der Waals surface area contributed by atoms with Gasteiger partial charge in [-0.15, -0.1) is 0 Å². The van der Waals surface area contributed by atoms with Gasteiger partial charge in [0.25, 0.3) is 0 Å². The zero-order valence-corrected chi connectivity index (χ0v) is 18.4. The first kappa shape index (κ1) is 24.3. The molecule has 2 N–H and O–H groups in total. The Hall–Kier alpha value is -1.71. The highest BCUT2D eigenvalue weighted by Gasteiger charge is 2.26. The number of aromatic hydroxyl groups is 2. The maximum atomic E-state index is 12.0. The first-order valence-electron chi connectivity index (χ1n) is 11.0. The van der Waals surface area contributed by atoms with Gasteiger partial charge in [0.1, 0.15) is 11.5 Å². The molecule has 0 fully saturated rings. The normalized spacial score (nSPS) is 11.6. The smallest absolute Gasteiger partial charge is 0.305 e. The van der Waals surface area contributed by atoms with E-state index in [1.807, 2.05) is 13.8 Å². The van der Waals surface area contributed by atoms with Gasteiger partial charge in [-0.25, -0.2) is 0 Å². The van der Waals surface area contributed by atoms with Gasteiger partial charge in [-0.2, -0.15) is 0 Å². The van der Waals surface area contributed by atoms with E-state index in [9.17, 15) is 15.0 Å². The van der Waals surface area contributed by atoms with Crippen LogP contribution in [-0.4, -0.2) is 22.8 Å². The molecule has 0 saturated carbocycles. The molecule has 0 atom stereocenters. The summed E-state index contributed by atoms with van der Waals surface area (Å²) in [6.07, 6.45) is 10.5. The number of phenolic OH excluding ortho intramolecular Hbond substituents is 2. The second-order valence-electron chi connectivity index (χ2n) is 8.47. The Balaban J connectivity index is 2.59. The van der Waals surface area contributed by atoms with Crippen LogP contribution in [0.1, 0.15) is 103 Å². The fraction of sp³-hybridized carbons (Fsp3) is 0.708. The molecule has 0 aliphatic carbocycles. The summed E-state index contributed by atoms with van der Waals surface area (Å²) in [7, 11) is 0. The minimum Gasteiger partial charge on any atom is -0.508 e. The molecule has 0 aliphatic heterocycles. The van der Waals surface area contributed by atoms with Crippen molar-refractivity contribution in [3.63, 3.8) is 0 Å². The number of hydrogen-bond acceptors (Lipinski definition) is 4. The average molecular weight is 393 g/mol. The minimum absolute atomic E-state index is 0.194. The Morgan fingerprint density at radius 2 is 1.57 bits per heavy atom. The fourth-order valence-electron chi connectivity index (χ4n) is 3.44. The highest BCUT2D eigenvalue weighted by Crippen LogP contribution is 2.39. The van der Waals surface area contributed by atoms with Crippen LogP contribution in [0.25, 0.3) is 0 Å². The minimum atomic E-state index is -0.427. The molecule has 0 aromatic heterocycles. The van der Waals surface area contributed by atoms with Crippen LogP contribution < -0.4 is 0 Å². The molecule has 0 spiro atoms. The van der Waals surface area contributed by atoms with Crippen LogP contribution in [0.5, 0.6) is 11.5 Å². The number of phenols is 2. The van der Waals surface area contributed by atoms with Crippen molar-refractivity contribution in [3.05, 3.63) is 23.3 Å². The monoisotopic (exact) mass is 392 g/mol. The molecule has 0 heterocycles.